The van der Waals surface area contributed by atoms with Crippen molar-refractivity contribution in [1.82, 2.24) is 4.98 Å². The molecule has 1 rings (SSSR count). The van der Waals surface area contributed by atoms with Gasteiger partial charge < -0.3 is 5.73 Å². The highest BCUT2D eigenvalue weighted by molar-refractivity contribution is 14.1. The van der Waals surface area contributed by atoms with Gasteiger partial charge in [0.1, 0.15) is 9.39 Å². The van der Waals surface area contributed by atoms with E-state index in [2.05, 4.69) is 4.98 Å². The fourth-order valence-electron chi connectivity index (χ4n) is 0.841. The van der Waals surface area contributed by atoms with Gasteiger partial charge in [0.15, 0.2) is 5.82 Å². The molecule has 0 saturated carbocycles. The lowest BCUT2D eigenvalue weighted by Crippen LogP contribution is -2.16. The first-order chi connectivity index (χ1) is 6.43. The van der Waals surface area contributed by atoms with E-state index in [1.165, 1.54) is 0 Å². The standard InChI is InChI=1S/C7H4F3IN2O/c8-4-2(7(12)14)1-3(11)13-5(4)6(9)10/h1,6H,(H2,12,14). The molecule has 14 heavy (non-hydrogen) atoms. The molecule has 1 amide bonds. The van der Waals surface area contributed by atoms with Gasteiger partial charge in [0.2, 0.25) is 0 Å². The van der Waals surface area contributed by atoms with Crippen molar-refractivity contribution < 1.29 is 18.0 Å². The summed E-state index contributed by atoms with van der Waals surface area (Å²) in [7, 11) is 0. The van der Waals surface area contributed by atoms with Crippen LogP contribution in [0, 0.1) is 9.52 Å². The SMILES string of the molecule is NC(=O)c1cc(I)nc(C(F)F)c1F. The van der Waals surface area contributed by atoms with Crippen LogP contribution in [0.25, 0.3) is 0 Å². The predicted octanol–water partition coefficient (Wildman–Crippen LogP) is 1.86. The molecule has 1 aromatic rings. The summed E-state index contributed by atoms with van der Waals surface area (Å²) in [6.45, 7) is 0. The maximum Gasteiger partial charge on any atom is 0.283 e. The number of pyridine rings is 1. The Balaban J connectivity index is 3.40. The molecule has 0 spiro atoms. The molecule has 76 valence electrons. The molecule has 0 aliphatic heterocycles. The lowest BCUT2D eigenvalue weighted by molar-refractivity contribution is 0.0993. The van der Waals surface area contributed by atoms with E-state index in [9.17, 15) is 18.0 Å². The minimum absolute atomic E-state index is 0.0908. The molecule has 0 fully saturated rings. The Hall–Kier alpha value is -0.860. The van der Waals surface area contributed by atoms with Gasteiger partial charge >= 0.3 is 0 Å². The topological polar surface area (TPSA) is 56.0 Å². The van der Waals surface area contributed by atoms with Gasteiger partial charge in [-0.2, -0.15) is 0 Å². The monoisotopic (exact) mass is 316 g/mol. The highest BCUT2D eigenvalue weighted by Gasteiger charge is 2.21. The molecular weight excluding hydrogens is 312 g/mol. The zero-order valence-corrected chi connectivity index (χ0v) is 8.76. The number of aromatic nitrogens is 1. The summed E-state index contributed by atoms with van der Waals surface area (Å²) < 4.78 is 37.6. The minimum Gasteiger partial charge on any atom is -0.366 e. The molecule has 2 N–H and O–H groups in total. The van der Waals surface area contributed by atoms with E-state index < -0.39 is 29.4 Å². The molecule has 1 heterocycles. The number of alkyl halides is 2. The molecule has 1 aromatic heterocycles. The number of primary amides is 1. The van der Waals surface area contributed by atoms with Crippen LogP contribution in [0.3, 0.4) is 0 Å². The molecular formula is C7H4F3IN2O. The first-order valence-electron chi connectivity index (χ1n) is 3.37. The summed E-state index contributed by atoms with van der Waals surface area (Å²) in [5.74, 6) is -2.45. The van der Waals surface area contributed by atoms with Crippen LogP contribution in [0.1, 0.15) is 22.5 Å². The highest BCUT2D eigenvalue weighted by Crippen LogP contribution is 2.23. The van der Waals surface area contributed by atoms with Crippen LogP contribution >= 0.6 is 22.6 Å². The van der Waals surface area contributed by atoms with Crippen molar-refractivity contribution in [3.05, 3.63) is 26.8 Å². The zero-order valence-electron chi connectivity index (χ0n) is 6.60. The van der Waals surface area contributed by atoms with Crippen molar-refractivity contribution in [1.29, 1.82) is 0 Å². The van der Waals surface area contributed by atoms with Gasteiger partial charge in [0, 0.05) is 0 Å². The third-order valence-electron chi connectivity index (χ3n) is 1.42. The molecule has 0 atom stereocenters. The van der Waals surface area contributed by atoms with E-state index in [0.717, 1.165) is 6.07 Å². The molecule has 7 heteroatoms. The Morgan fingerprint density at radius 3 is 2.57 bits per heavy atom. The van der Waals surface area contributed by atoms with Crippen molar-refractivity contribution in [2.24, 2.45) is 5.73 Å². The average Bonchev–Trinajstić information content (AvgIpc) is 2.07. The van der Waals surface area contributed by atoms with E-state index in [1.807, 2.05) is 0 Å². The van der Waals surface area contributed by atoms with E-state index in [0.29, 0.717) is 0 Å². The van der Waals surface area contributed by atoms with Gasteiger partial charge in [-0.1, -0.05) is 0 Å². The van der Waals surface area contributed by atoms with Crippen LogP contribution in [0.2, 0.25) is 0 Å². The molecule has 0 aliphatic rings. The largest absolute Gasteiger partial charge is 0.366 e. The Bertz CT molecular complexity index is 383. The third-order valence-corrected chi connectivity index (χ3v) is 1.98. The van der Waals surface area contributed by atoms with Crippen LogP contribution in [0.5, 0.6) is 0 Å². The number of carbonyl (C=O) groups excluding carboxylic acids is 1. The smallest absolute Gasteiger partial charge is 0.283 e. The Morgan fingerprint density at radius 1 is 1.57 bits per heavy atom. The number of halogens is 4. The normalized spacial score (nSPS) is 10.6. The van der Waals surface area contributed by atoms with Crippen LogP contribution in [0.15, 0.2) is 6.07 Å². The van der Waals surface area contributed by atoms with Crippen molar-refractivity contribution in [3.63, 3.8) is 0 Å². The van der Waals surface area contributed by atoms with Gasteiger partial charge in [-0.05, 0) is 28.7 Å². The Kier molecular flexibility index (Phi) is 3.29. The Labute approximate surface area is 90.6 Å². The number of hydrogen-bond donors (Lipinski definition) is 1. The van der Waals surface area contributed by atoms with Gasteiger partial charge in [0.25, 0.3) is 12.3 Å². The van der Waals surface area contributed by atoms with Crippen molar-refractivity contribution in [3.8, 4) is 0 Å². The molecule has 0 bridgehead atoms. The van der Waals surface area contributed by atoms with Gasteiger partial charge in [-0.25, -0.2) is 18.2 Å². The maximum atomic E-state index is 13.1. The van der Waals surface area contributed by atoms with Crippen LogP contribution in [-0.4, -0.2) is 10.9 Å². The first kappa shape index (κ1) is 11.2. The number of hydrogen-bond acceptors (Lipinski definition) is 2. The molecule has 0 aromatic carbocycles. The molecule has 3 nitrogen and oxygen atoms in total. The molecule has 0 saturated heterocycles. The van der Waals surface area contributed by atoms with Crippen LogP contribution < -0.4 is 5.73 Å². The molecule has 0 unspecified atom stereocenters. The van der Waals surface area contributed by atoms with E-state index in [-0.39, 0.29) is 3.70 Å². The van der Waals surface area contributed by atoms with Crippen molar-refractivity contribution >= 4 is 28.5 Å². The summed E-state index contributed by atoms with van der Waals surface area (Å²) in [6, 6.07) is 1.02. The number of amides is 1. The van der Waals surface area contributed by atoms with Crippen molar-refractivity contribution in [2.45, 2.75) is 6.43 Å². The van der Waals surface area contributed by atoms with E-state index in [1.54, 1.807) is 22.6 Å². The van der Waals surface area contributed by atoms with Crippen LogP contribution in [-0.2, 0) is 0 Å². The number of nitrogens with zero attached hydrogens (tertiary/aromatic N) is 1. The average molecular weight is 316 g/mol. The zero-order chi connectivity index (χ0) is 10.9. The lowest BCUT2D eigenvalue weighted by Gasteiger charge is -2.04. The number of carbonyl (C=O) groups is 1. The molecule has 0 radical (unpaired) electrons. The second-order valence-electron chi connectivity index (χ2n) is 2.36. The first-order valence-corrected chi connectivity index (χ1v) is 4.45. The van der Waals surface area contributed by atoms with Gasteiger partial charge in [-0.3, -0.25) is 4.79 Å². The van der Waals surface area contributed by atoms with Crippen LogP contribution in [0.4, 0.5) is 13.2 Å². The summed E-state index contributed by atoms with van der Waals surface area (Å²) in [5, 5.41) is 0. The fourth-order valence-corrected chi connectivity index (χ4v) is 1.41. The second kappa shape index (κ2) is 4.11. The summed E-state index contributed by atoms with van der Waals surface area (Å²) >= 11 is 1.60. The van der Waals surface area contributed by atoms with Gasteiger partial charge in [0.05, 0.1) is 5.56 Å². The molecule has 0 aliphatic carbocycles. The summed E-state index contributed by atoms with van der Waals surface area (Å²) in [5.41, 5.74) is 3.18. The van der Waals surface area contributed by atoms with E-state index >= 15 is 0 Å². The van der Waals surface area contributed by atoms with Crippen molar-refractivity contribution in [2.75, 3.05) is 0 Å². The minimum atomic E-state index is -3.07. The lowest BCUT2D eigenvalue weighted by atomic mass is 10.2. The fraction of sp³-hybridized carbons (Fsp3) is 0.143. The summed E-state index contributed by atoms with van der Waals surface area (Å²) in [4.78, 5) is 13.9. The highest BCUT2D eigenvalue weighted by atomic mass is 127. The predicted molar refractivity (Wildman–Crippen MR) is 50.4 cm³/mol. The number of rotatable bonds is 2. The Morgan fingerprint density at radius 2 is 2.14 bits per heavy atom. The van der Waals surface area contributed by atoms with E-state index in [4.69, 9.17) is 5.73 Å². The second-order valence-corrected chi connectivity index (χ2v) is 3.46. The number of nitrogens with two attached hydrogens (primary N) is 1. The maximum absolute atomic E-state index is 13.1. The van der Waals surface area contributed by atoms with Gasteiger partial charge in [-0.15, -0.1) is 0 Å². The summed E-state index contributed by atoms with van der Waals surface area (Å²) in [6.07, 6.45) is -3.07. The third kappa shape index (κ3) is 2.14. The quantitative estimate of drug-likeness (QED) is 0.669.